The normalized spacial score (nSPS) is 12.7. The van der Waals surface area contributed by atoms with E-state index in [1.807, 2.05) is 51.1 Å². The van der Waals surface area contributed by atoms with Crippen LogP contribution >= 0.6 is 15.9 Å². The van der Waals surface area contributed by atoms with E-state index in [2.05, 4.69) is 21.2 Å². The van der Waals surface area contributed by atoms with Crippen molar-refractivity contribution in [2.75, 3.05) is 24.5 Å². The minimum absolute atomic E-state index is 0.00283. The van der Waals surface area contributed by atoms with Crippen molar-refractivity contribution in [3.05, 3.63) is 88.4 Å². The van der Waals surface area contributed by atoms with Crippen LogP contribution in [0.4, 0.5) is 5.69 Å². The lowest BCUT2D eigenvalue weighted by Gasteiger charge is -2.32. The van der Waals surface area contributed by atoms with Gasteiger partial charge < -0.3 is 15.0 Å². The van der Waals surface area contributed by atoms with E-state index in [0.717, 1.165) is 21.9 Å². The Hall–Kier alpha value is -3.37. The zero-order valence-electron chi connectivity index (χ0n) is 24.1. The number of methoxy groups -OCH3 is 1. The number of benzene rings is 3. The van der Waals surface area contributed by atoms with E-state index >= 15 is 0 Å². The van der Waals surface area contributed by atoms with Gasteiger partial charge >= 0.3 is 0 Å². The highest BCUT2D eigenvalue weighted by atomic mass is 79.9. The van der Waals surface area contributed by atoms with E-state index in [1.165, 1.54) is 24.1 Å². The maximum Gasteiger partial charge on any atom is 0.264 e. The van der Waals surface area contributed by atoms with Gasteiger partial charge in [0.2, 0.25) is 11.8 Å². The molecule has 0 aliphatic carbocycles. The number of anilines is 1. The topological polar surface area (TPSA) is 96.0 Å². The lowest BCUT2D eigenvalue weighted by molar-refractivity contribution is -0.139. The molecule has 3 rings (SSSR count). The summed E-state index contributed by atoms with van der Waals surface area (Å²) in [6, 6.07) is 20.2. The second-order valence-electron chi connectivity index (χ2n) is 9.96. The van der Waals surface area contributed by atoms with Gasteiger partial charge in [0.1, 0.15) is 18.3 Å². The molecule has 0 aliphatic rings. The Morgan fingerprint density at radius 1 is 1.00 bits per heavy atom. The molecule has 0 heterocycles. The molecule has 0 radical (unpaired) electrons. The van der Waals surface area contributed by atoms with Crippen LogP contribution in [0.5, 0.6) is 5.75 Å². The van der Waals surface area contributed by atoms with Crippen LogP contribution < -0.4 is 14.4 Å². The van der Waals surface area contributed by atoms with Crippen molar-refractivity contribution in [3.63, 3.8) is 0 Å². The predicted octanol–water partition coefficient (Wildman–Crippen LogP) is 5.34. The van der Waals surface area contributed by atoms with Crippen LogP contribution in [0.25, 0.3) is 0 Å². The minimum atomic E-state index is -4.18. The number of ether oxygens (including phenoxy) is 1. The molecule has 2 amide bonds. The number of aryl methyl sites for hydroxylation is 1. The number of halogens is 1. The van der Waals surface area contributed by atoms with Crippen LogP contribution in [-0.2, 0) is 26.0 Å². The van der Waals surface area contributed by atoms with Crippen LogP contribution in [0.15, 0.2) is 82.2 Å². The molecule has 2 atom stereocenters. The molecule has 3 aromatic rings. The molecular weight excluding hydrogens is 606 g/mol. The summed E-state index contributed by atoms with van der Waals surface area (Å²) in [5.74, 6) is -0.288. The van der Waals surface area contributed by atoms with Crippen LogP contribution in [-0.4, -0.2) is 57.4 Å². The highest BCUT2D eigenvalue weighted by Gasteiger charge is 2.33. The zero-order valence-corrected chi connectivity index (χ0v) is 26.5. The molecule has 0 saturated carbocycles. The maximum atomic E-state index is 14.0. The first-order valence-electron chi connectivity index (χ1n) is 13.5. The molecule has 0 aliphatic heterocycles. The molecule has 0 unspecified atom stereocenters. The Balaban J connectivity index is 2.00. The Labute approximate surface area is 251 Å². The lowest BCUT2D eigenvalue weighted by Crippen LogP contribution is -2.53. The van der Waals surface area contributed by atoms with Gasteiger partial charge in [-0.1, -0.05) is 55.0 Å². The number of carbonyl (C=O) groups is 2. The number of rotatable bonds is 13. The number of hydrogen-bond acceptors (Lipinski definition) is 5. The van der Waals surface area contributed by atoms with Crippen LogP contribution in [0.2, 0.25) is 0 Å². The number of nitrogens with one attached hydrogen (secondary N) is 1. The van der Waals surface area contributed by atoms with Crippen molar-refractivity contribution >= 4 is 43.5 Å². The van der Waals surface area contributed by atoms with Crippen molar-refractivity contribution in [1.29, 1.82) is 0 Å². The second-order valence-corrected chi connectivity index (χ2v) is 12.7. The molecule has 220 valence electrons. The van der Waals surface area contributed by atoms with Gasteiger partial charge in [-0.25, -0.2) is 8.42 Å². The molecule has 10 heteroatoms. The number of sulfonamides is 1. The van der Waals surface area contributed by atoms with Crippen molar-refractivity contribution in [3.8, 4) is 5.75 Å². The van der Waals surface area contributed by atoms with Gasteiger partial charge in [-0.05, 0) is 85.4 Å². The monoisotopic (exact) mass is 643 g/mol. The zero-order chi connectivity index (χ0) is 30.2. The van der Waals surface area contributed by atoms with Crippen molar-refractivity contribution < 1.29 is 22.7 Å². The van der Waals surface area contributed by atoms with Gasteiger partial charge in [0, 0.05) is 12.6 Å². The molecule has 0 fully saturated rings. The lowest BCUT2D eigenvalue weighted by atomic mass is 10.1. The van der Waals surface area contributed by atoms with E-state index in [4.69, 9.17) is 4.74 Å². The number of amides is 2. The molecule has 1 N–H and O–H groups in total. The van der Waals surface area contributed by atoms with Gasteiger partial charge in [0.15, 0.2) is 0 Å². The fraction of sp³-hybridized carbons (Fsp3) is 0.355. The first kappa shape index (κ1) is 32.1. The predicted molar refractivity (Wildman–Crippen MR) is 166 cm³/mol. The van der Waals surface area contributed by atoms with Gasteiger partial charge in [-0.2, -0.15) is 0 Å². The van der Waals surface area contributed by atoms with E-state index in [9.17, 15) is 18.0 Å². The van der Waals surface area contributed by atoms with Gasteiger partial charge in [-0.15, -0.1) is 0 Å². The van der Waals surface area contributed by atoms with Gasteiger partial charge in [0.25, 0.3) is 10.0 Å². The summed E-state index contributed by atoms with van der Waals surface area (Å²) >= 11 is 3.36. The summed E-state index contributed by atoms with van der Waals surface area (Å²) < 4.78 is 34.8. The molecule has 3 aromatic carbocycles. The van der Waals surface area contributed by atoms with E-state index in [1.54, 1.807) is 37.3 Å². The average Bonchev–Trinajstić information content (AvgIpc) is 2.96. The summed E-state index contributed by atoms with van der Waals surface area (Å²) in [5, 5.41) is 2.95. The summed E-state index contributed by atoms with van der Waals surface area (Å²) in [5.41, 5.74) is 2.30. The largest absolute Gasteiger partial charge is 0.496 e. The molecule has 0 aromatic heterocycles. The second kappa shape index (κ2) is 14.5. The summed E-state index contributed by atoms with van der Waals surface area (Å²) in [6.45, 7) is 7.21. The summed E-state index contributed by atoms with van der Waals surface area (Å²) in [6.07, 6.45) is 1.25. The minimum Gasteiger partial charge on any atom is -0.496 e. The van der Waals surface area contributed by atoms with E-state index < -0.39 is 28.5 Å². The van der Waals surface area contributed by atoms with Crippen LogP contribution in [0.1, 0.15) is 38.3 Å². The fourth-order valence-corrected chi connectivity index (χ4v) is 6.34. The molecule has 0 saturated heterocycles. The fourth-order valence-electron chi connectivity index (χ4n) is 4.21. The quantitative estimate of drug-likeness (QED) is 0.271. The average molecular weight is 645 g/mol. The Morgan fingerprint density at radius 3 is 2.24 bits per heavy atom. The summed E-state index contributed by atoms with van der Waals surface area (Å²) in [4.78, 5) is 28.6. The van der Waals surface area contributed by atoms with Crippen LogP contribution in [0.3, 0.4) is 0 Å². The highest BCUT2D eigenvalue weighted by molar-refractivity contribution is 9.10. The number of carbonyl (C=O) groups excluding carboxylic acids is 2. The maximum absolute atomic E-state index is 14.0. The van der Waals surface area contributed by atoms with Crippen molar-refractivity contribution in [1.82, 2.24) is 10.2 Å². The molecule has 0 spiro atoms. The number of hydrogen-bond donors (Lipinski definition) is 1. The Bertz CT molecular complexity index is 1430. The Morgan fingerprint density at radius 2 is 1.66 bits per heavy atom. The molecule has 0 bridgehead atoms. The Kier molecular flexibility index (Phi) is 11.4. The molecular formula is C31H38BrN3O5S. The standard InChI is InChI=1S/C31H38BrN3O5S/c1-6-23(3)33-31(37)24(4)34(19-18-25-10-8-7-9-11-25)30(36)21-35(26-14-12-22(2)13-15-26)41(38,39)27-16-17-29(40-5)28(32)20-27/h7-17,20,23-24H,6,18-19,21H2,1-5H3,(H,33,37)/t23-,24+/m1/s1. The summed E-state index contributed by atoms with van der Waals surface area (Å²) in [7, 11) is -2.69. The first-order chi connectivity index (χ1) is 19.5. The van der Waals surface area contributed by atoms with Crippen molar-refractivity contribution in [2.24, 2.45) is 0 Å². The third-order valence-electron chi connectivity index (χ3n) is 6.96. The van der Waals surface area contributed by atoms with E-state index in [0.29, 0.717) is 22.3 Å². The smallest absolute Gasteiger partial charge is 0.264 e. The SMILES string of the molecule is CC[C@@H](C)NC(=O)[C@H](C)N(CCc1ccccc1)C(=O)CN(c1ccc(C)cc1)S(=O)(=O)c1ccc(OC)c(Br)c1. The highest BCUT2D eigenvalue weighted by Crippen LogP contribution is 2.31. The van der Waals surface area contributed by atoms with E-state index in [-0.39, 0.29) is 23.4 Å². The first-order valence-corrected chi connectivity index (χ1v) is 15.8. The third-order valence-corrected chi connectivity index (χ3v) is 9.35. The number of nitrogens with zero attached hydrogens (tertiary/aromatic N) is 2. The molecule has 8 nitrogen and oxygen atoms in total. The van der Waals surface area contributed by atoms with Crippen molar-refractivity contribution in [2.45, 2.75) is 57.5 Å². The molecule has 41 heavy (non-hydrogen) atoms. The van der Waals surface area contributed by atoms with Gasteiger partial charge in [-0.3, -0.25) is 13.9 Å². The third kappa shape index (κ3) is 8.33. The van der Waals surface area contributed by atoms with Gasteiger partial charge in [0.05, 0.1) is 22.2 Å². The van der Waals surface area contributed by atoms with Crippen LogP contribution in [0, 0.1) is 6.92 Å².